The Balaban J connectivity index is 2.91. The van der Waals surface area contributed by atoms with E-state index in [-0.39, 0.29) is 12.0 Å². The van der Waals surface area contributed by atoms with E-state index in [2.05, 4.69) is 0 Å². The highest BCUT2D eigenvalue weighted by atomic mass is 19.1. The molecular weight excluding hydrogens is 202 g/mol. The van der Waals surface area contributed by atoms with Crippen LogP contribution >= 0.6 is 0 Å². The third kappa shape index (κ3) is 2.83. The van der Waals surface area contributed by atoms with Crippen molar-refractivity contribution in [3.05, 3.63) is 35.4 Å². The van der Waals surface area contributed by atoms with Crippen LogP contribution in [0.2, 0.25) is 0 Å². The third-order valence-corrected chi connectivity index (χ3v) is 2.06. The first-order valence-electron chi connectivity index (χ1n) is 4.73. The maximum Gasteiger partial charge on any atom is 0.194 e. The second-order valence-corrected chi connectivity index (χ2v) is 3.29. The highest BCUT2D eigenvalue weighted by Crippen LogP contribution is 2.13. The van der Waals surface area contributed by atoms with Gasteiger partial charge < -0.3 is 5.11 Å². The van der Waals surface area contributed by atoms with Crippen LogP contribution in [0.4, 0.5) is 8.78 Å². The Morgan fingerprint density at radius 2 is 2.13 bits per heavy atom. The Morgan fingerprint density at radius 1 is 1.47 bits per heavy atom. The molecule has 0 heterocycles. The smallest absolute Gasteiger partial charge is 0.194 e. The van der Waals surface area contributed by atoms with E-state index in [1.807, 2.05) is 0 Å². The number of ketones is 1. The number of carbonyl (C=O) groups is 1. The summed E-state index contributed by atoms with van der Waals surface area (Å²) in [5.41, 5.74) is -0.266. The molecule has 2 nitrogen and oxygen atoms in total. The largest absolute Gasteiger partial charge is 0.385 e. The maximum absolute atomic E-state index is 13.1. The summed E-state index contributed by atoms with van der Waals surface area (Å²) < 4.78 is 25.7. The van der Waals surface area contributed by atoms with Gasteiger partial charge in [-0.25, -0.2) is 8.78 Å². The van der Waals surface area contributed by atoms with Gasteiger partial charge in [0.2, 0.25) is 0 Å². The minimum absolute atomic E-state index is 0.266. The molecule has 1 N–H and O–H groups in total. The highest BCUT2D eigenvalue weighted by molar-refractivity contribution is 5.99. The van der Waals surface area contributed by atoms with Crippen LogP contribution in [0.25, 0.3) is 0 Å². The van der Waals surface area contributed by atoms with Crippen molar-refractivity contribution in [3.63, 3.8) is 0 Å². The van der Waals surface area contributed by atoms with Crippen molar-refractivity contribution >= 4 is 5.78 Å². The van der Waals surface area contributed by atoms with Gasteiger partial charge in [-0.15, -0.1) is 0 Å². The van der Waals surface area contributed by atoms with Gasteiger partial charge in [0.05, 0.1) is 5.56 Å². The van der Waals surface area contributed by atoms with Crippen LogP contribution in [0.15, 0.2) is 18.2 Å². The summed E-state index contributed by atoms with van der Waals surface area (Å²) in [4.78, 5) is 11.5. The van der Waals surface area contributed by atoms with Gasteiger partial charge in [-0.1, -0.05) is 13.3 Å². The second kappa shape index (κ2) is 4.98. The standard InChI is InChI=1S/C11H12F2O2/c1-2-3-10(14)11(15)8-5-4-7(12)6-9(8)13/h4-6,10,14H,2-3H2,1H3. The lowest BCUT2D eigenvalue weighted by Crippen LogP contribution is -2.21. The molecule has 0 saturated heterocycles. The zero-order valence-corrected chi connectivity index (χ0v) is 8.34. The molecule has 1 unspecified atom stereocenters. The Bertz CT molecular complexity index is 364. The average molecular weight is 214 g/mol. The number of hydrogen-bond donors (Lipinski definition) is 1. The van der Waals surface area contributed by atoms with Crippen LogP contribution < -0.4 is 0 Å². The van der Waals surface area contributed by atoms with Crippen LogP contribution in [-0.2, 0) is 0 Å². The molecule has 1 rings (SSSR count). The molecule has 15 heavy (non-hydrogen) atoms. The molecule has 0 aliphatic heterocycles. The lowest BCUT2D eigenvalue weighted by atomic mass is 10.0. The van der Waals surface area contributed by atoms with E-state index in [0.717, 1.165) is 12.1 Å². The van der Waals surface area contributed by atoms with Gasteiger partial charge in [-0.2, -0.15) is 0 Å². The molecule has 0 fully saturated rings. The first kappa shape index (κ1) is 11.8. The summed E-state index contributed by atoms with van der Waals surface area (Å²) in [7, 11) is 0. The summed E-state index contributed by atoms with van der Waals surface area (Å²) in [5, 5.41) is 9.35. The highest BCUT2D eigenvalue weighted by Gasteiger charge is 2.19. The quantitative estimate of drug-likeness (QED) is 0.781. The van der Waals surface area contributed by atoms with Gasteiger partial charge in [0.25, 0.3) is 0 Å². The normalized spacial score (nSPS) is 12.5. The van der Waals surface area contributed by atoms with E-state index in [1.165, 1.54) is 0 Å². The van der Waals surface area contributed by atoms with Gasteiger partial charge in [0.1, 0.15) is 17.7 Å². The van der Waals surface area contributed by atoms with Gasteiger partial charge >= 0.3 is 0 Å². The second-order valence-electron chi connectivity index (χ2n) is 3.29. The summed E-state index contributed by atoms with van der Waals surface area (Å²) in [6, 6.07) is 2.67. The van der Waals surface area contributed by atoms with Crippen molar-refractivity contribution in [2.24, 2.45) is 0 Å². The SMILES string of the molecule is CCCC(O)C(=O)c1ccc(F)cc1F. The van der Waals surface area contributed by atoms with Crippen molar-refractivity contribution in [2.75, 3.05) is 0 Å². The van der Waals surface area contributed by atoms with Crippen molar-refractivity contribution in [2.45, 2.75) is 25.9 Å². The number of hydrogen-bond acceptors (Lipinski definition) is 2. The lowest BCUT2D eigenvalue weighted by Gasteiger charge is -2.08. The minimum atomic E-state index is -1.21. The molecule has 0 bridgehead atoms. The number of rotatable bonds is 4. The predicted octanol–water partition coefficient (Wildman–Crippen LogP) is 2.31. The van der Waals surface area contributed by atoms with Crippen LogP contribution in [0.5, 0.6) is 0 Å². The number of carbonyl (C=O) groups excluding carboxylic acids is 1. The van der Waals surface area contributed by atoms with Gasteiger partial charge in [-0.3, -0.25) is 4.79 Å². The minimum Gasteiger partial charge on any atom is -0.385 e. The topological polar surface area (TPSA) is 37.3 Å². The number of aliphatic hydroxyl groups excluding tert-OH is 1. The van der Waals surface area contributed by atoms with Crippen molar-refractivity contribution in [1.82, 2.24) is 0 Å². The molecule has 0 aliphatic rings. The first-order chi connectivity index (χ1) is 7.06. The summed E-state index contributed by atoms with van der Waals surface area (Å²) in [6.07, 6.45) is -0.319. The number of Topliss-reactive ketones (excluding diaryl/α,β-unsaturated/α-hetero) is 1. The Morgan fingerprint density at radius 3 is 2.67 bits per heavy atom. The van der Waals surface area contributed by atoms with Gasteiger partial charge in [0.15, 0.2) is 5.78 Å². The fourth-order valence-electron chi connectivity index (χ4n) is 1.27. The average Bonchev–Trinajstić information content (AvgIpc) is 2.17. The molecule has 1 aromatic carbocycles. The van der Waals surface area contributed by atoms with E-state index < -0.39 is 23.5 Å². The molecule has 1 atom stereocenters. The van der Waals surface area contributed by atoms with Crippen LogP contribution in [0, 0.1) is 11.6 Å². The fourth-order valence-corrected chi connectivity index (χ4v) is 1.27. The van der Waals surface area contributed by atoms with E-state index in [4.69, 9.17) is 0 Å². The number of aliphatic hydroxyl groups is 1. The first-order valence-corrected chi connectivity index (χ1v) is 4.73. The van der Waals surface area contributed by atoms with Gasteiger partial charge in [0, 0.05) is 6.07 Å². The van der Waals surface area contributed by atoms with Crippen LogP contribution in [0.1, 0.15) is 30.1 Å². The zero-order chi connectivity index (χ0) is 11.4. The van der Waals surface area contributed by atoms with Crippen molar-refractivity contribution in [3.8, 4) is 0 Å². The number of benzene rings is 1. The van der Waals surface area contributed by atoms with Crippen molar-refractivity contribution in [1.29, 1.82) is 0 Å². The third-order valence-electron chi connectivity index (χ3n) is 2.06. The van der Waals surface area contributed by atoms with Gasteiger partial charge in [-0.05, 0) is 18.6 Å². The van der Waals surface area contributed by atoms with E-state index in [1.54, 1.807) is 6.92 Å². The maximum atomic E-state index is 13.1. The molecule has 1 aromatic rings. The van der Waals surface area contributed by atoms with Crippen LogP contribution in [0.3, 0.4) is 0 Å². The summed E-state index contributed by atoms with van der Waals surface area (Å²) in [6.45, 7) is 1.80. The number of halogens is 2. The Labute approximate surface area is 86.5 Å². The molecule has 0 aliphatic carbocycles. The Kier molecular flexibility index (Phi) is 3.91. The molecule has 4 heteroatoms. The van der Waals surface area contributed by atoms with E-state index >= 15 is 0 Å². The molecule has 0 saturated carbocycles. The predicted molar refractivity (Wildman–Crippen MR) is 51.6 cm³/mol. The monoisotopic (exact) mass is 214 g/mol. The summed E-state index contributed by atoms with van der Waals surface area (Å²) >= 11 is 0. The molecule has 0 amide bonds. The van der Waals surface area contributed by atoms with E-state index in [0.29, 0.717) is 12.5 Å². The van der Waals surface area contributed by atoms with Crippen molar-refractivity contribution < 1.29 is 18.7 Å². The Hall–Kier alpha value is -1.29. The lowest BCUT2D eigenvalue weighted by molar-refractivity contribution is 0.0725. The fraction of sp³-hybridized carbons (Fsp3) is 0.364. The van der Waals surface area contributed by atoms with Crippen LogP contribution in [-0.4, -0.2) is 17.0 Å². The molecular formula is C11H12F2O2. The van der Waals surface area contributed by atoms with E-state index in [9.17, 15) is 18.7 Å². The molecule has 0 aromatic heterocycles. The molecule has 0 radical (unpaired) electrons. The summed E-state index contributed by atoms with van der Waals surface area (Å²) in [5.74, 6) is -2.38. The molecule has 82 valence electrons. The zero-order valence-electron chi connectivity index (χ0n) is 8.34. The molecule has 0 spiro atoms.